The molecule has 0 aromatic rings. The first-order valence-corrected chi connectivity index (χ1v) is 24.2. The Morgan fingerprint density at radius 3 is 1.28 bits per heavy atom. The van der Waals surface area contributed by atoms with Crippen molar-refractivity contribution in [3.05, 3.63) is 0 Å². The van der Waals surface area contributed by atoms with Crippen molar-refractivity contribution in [3.63, 3.8) is 0 Å². The van der Waals surface area contributed by atoms with E-state index in [4.69, 9.17) is 28.4 Å². The molecule has 0 spiro atoms. The first-order chi connectivity index (χ1) is 29.5. The van der Waals surface area contributed by atoms with Crippen LogP contribution < -0.4 is 0 Å². The highest BCUT2D eigenvalue weighted by molar-refractivity contribution is 5.70. The third kappa shape index (κ3) is 23.8. The van der Waals surface area contributed by atoms with Gasteiger partial charge in [-0.15, -0.1) is 0 Å². The van der Waals surface area contributed by atoms with Gasteiger partial charge in [-0.1, -0.05) is 168 Å². The maximum atomic E-state index is 12.9. The molecule has 7 N–H and O–H groups in total. The number of aliphatic hydroxyl groups excluding tert-OH is 7. The molecule has 0 saturated carbocycles. The third-order valence-electron chi connectivity index (χ3n) is 11.8. The molecule has 61 heavy (non-hydrogen) atoms. The van der Waals surface area contributed by atoms with E-state index in [2.05, 4.69) is 13.8 Å². The van der Waals surface area contributed by atoms with Gasteiger partial charge in [0.2, 0.25) is 0 Å². The molecule has 15 heteroatoms. The number of carbonyl (C=O) groups is 2. The van der Waals surface area contributed by atoms with E-state index in [0.717, 1.165) is 38.5 Å². The molecule has 2 fully saturated rings. The maximum Gasteiger partial charge on any atom is 0.306 e. The Kier molecular flexibility index (Phi) is 31.8. The molecule has 0 aromatic heterocycles. The lowest BCUT2D eigenvalue weighted by atomic mass is 9.99. The molecule has 2 aliphatic heterocycles. The van der Waals surface area contributed by atoms with Gasteiger partial charge in [-0.05, 0) is 12.8 Å². The molecule has 2 saturated heterocycles. The molecule has 0 radical (unpaired) electrons. The SMILES string of the molecule is CCCCCCCCCCCCCCCC(=O)OC[C@@H](CO[C@@H]1OC(O[C@@H]2O[C@H](CO)[C@H](O)[C@H](O)[C@H]2O)[C@H](O)[C@H](O)[C@H]1O)OC(=O)CCCCCCCCCCCCCCC. The zero-order chi connectivity index (χ0) is 44.7. The second-order valence-electron chi connectivity index (χ2n) is 17.3. The summed E-state index contributed by atoms with van der Waals surface area (Å²) in [5.41, 5.74) is 0. The first kappa shape index (κ1) is 55.6. The van der Waals surface area contributed by atoms with Crippen LogP contribution in [0.5, 0.6) is 0 Å². The summed E-state index contributed by atoms with van der Waals surface area (Å²) in [6.45, 7) is 2.99. The molecule has 2 aliphatic rings. The van der Waals surface area contributed by atoms with E-state index in [-0.39, 0.29) is 19.4 Å². The monoisotopic (exact) mass is 879 g/mol. The smallest absolute Gasteiger partial charge is 0.306 e. The van der Waals surface area contributed by atoms with E-state index in [1.165, 1.54) is 116 Å². The van der Waals surface area contributed by atoms with Crippen molar-refractivity contribution in [1.82, 2.24) is 0 Å². The Bertz CT molecular complexity index is 1080. The minimum atomic E-state index is -1.87. The van der Waals surface area contributed by atoms with Gasteiger partial charge in [0.05, 0.1) is 13.2 Å². The van der Waals surface area contributed by atoms with Crippen molar-refractivity contribution in [1.29, 1.82) is 0 Å². The van der Waals surface area contributed by atoms with Crippen LogP contribution in [-0.4, -0.2) is 135 Å². The number of carbonyl (C=O) groups excluding carboxylic acids is 2. The van der Waals surface area contributed by atoms with E-state index < -0.39 is 92.9 Å². The van der Waals surface area contributed by atoms with Crippen LogP contribution in [0.1, 0.15) is 194 Å². The van der Waals surface area contributed by atoms with Crippen molar-refractivity contribution < 1.29 is 73.8 Å². The highest BCUT2D eigenvalue weighted by Gasteiger charge is 2.50. The molecule has 0 bridgehead atoms. The van der Waals surface area contributed by atoms with Crippen LogP contribution >= 0.6 is 0 Å². The van der Waals surface area contributed by atoms with Crippen LogP contribution in [-0.2, 0) is 38.0 Å². The van der Waals surface area contributed by atoms with Crippen LogP contribution in [0.2, 0.25) is 0 Å². The van der Waals surface area contributed by atoms with Crippen molar-refractivity contribution in [2.45, 2.75) is 261 Å². The number of aliphatic hydroxyl groups is 7. The third-order valence-corrected chi connectivity index (χ3v) is 11.8. The van der Waals surface area contributed by atoms with Gasteiger partial charge >= 0.3 is 11.9 Å². The quantitative estimate of drug-likeness (QED) is 0.0280. The fourth-order valence-corrected chi connectivity index (χ4v) is 7.78. The normalized spacial score (nSPS) is 27.2. The number of rotatable bonds is 37. The lowest BCUT2D eigenvalue weighted by Crippen LogP contribution is -2.63. The molecule has 11 atom stereocenters. The predicted octanol–water partition coefficient (Wildman–Crippen LogP) is 6.00. The lowest BCUT2D eigenvalue weighted by Gasteiger charge is -2.44. The zero-order valence-electron chi connectivity index (χ0n) is 37.7. The second kappa shape index (κ2) is 34.8. The topological polar surface area (TPSA) is 231 Å². The van der Waals surface area contributed by atoms with E-state index in [9.17, 15) is 45.3 Å². The van der Waals surface area contributed by atoms with E-state index in [0.29, 0.717) is 12.8 Å². The van der Waals surface area contributed by atoms with E-state index >= 15 is 0 Å². The summed E-state index contributed by atoms with van der Waals surface area (Å²) in [4.78, 5) is 25.6. The van der Waals surface area contributed by atoms with E-state index in [1.807, 2.05) is 0 Å². The van der Waals surface area contributed by atoms with Crippen molar-refractivity contribution >= 4 is 11.9 Å². The molecular formula is C46H86O15. The van der Waals surface area contributed by atoms with Crippen LogP contribution in [0.25, 0.3) is 0 Å². The van der Waals surface area contributed by atoms with Gasteiger partial charge in [0.1, 0.15) is 49.3 Å². The maximum absolute atomic E-state index is 12.9. The Morgan fingerprint density at radius 2 is 0.836 bits per heavy atom. The molecule has 15 nitrogen and oxygen atoms in total. The van der Waals surface area contributed by atoms with Crippen LogP contribution in [0.3, 0.4) is 0 Å². The summed E-state index contributed by atoms with van der Waals surface area (Å²) < 4.78 is 33.3. The average molecular weight is 879 g/mol. The van der Waals surface area contributed by atoms with Crippen molar-refractivity contribution in [3.8, 4) is 0 Å². The van der Waals surface area contributed by atoms with Gasteiger partial charge in [-0.2, -0.15) is 0 Å². The van der Waals surface area contributed by atoms with Gasteiger partial charge < -0.3 is 64.2 Å². The fourth-order valence-electron chi connectivity index (χ4n) is 7.78. The number of ether oxygens (including phenoxy) is 6. The lowest BCUT2D eigenvalue weighted by molar-refractivity contribution is -0.399. The molecule has 360 valence electrons. The van der Waals surface area contributed by atoms with Gasteiger partial charge in [0, 0.05) is 12.8 Å². The fraction of sp³-hybridized carbons (Fsp3) is 0.957. The van der Waals surface area contributed by atoms with Gasteiger partial charge in [0.25, 0.3) is 0 Å². The number of hydrogen-bond acceptors (Lipinski definition) is 15. The summed E-state index contributed by atoms with van der Waals surface area (Å²) in [5, 5.41) is 72.0. The molecular weight excluding hydrogens is 792 g/mol. The van der Waals surface area contributed by atoms with E-state index in [1.54, 1.807) is 0 Å². The Labute approximate surface area is 366 Å². The molecule has 2 heterocycles. The summed E-state index contributed by atoms with van der Waals surface area (Å²) >= 11 is 0. The number of hydrogen-bond donors (Lipinski definition) is 7. The number of esters is 2. The molecule has 2 rings (SSSR count). The predicted molar refractivity (Wildman–Crippen MR) is 229 cm³/mol. The van der Waals surface area contributed by atoms with Crippen LogP contribution in [0.15, 0.2) is 0 Å². The Hall–Kier alpha value is -1.50. The zero-order valence-corrected chi connectivity index (χ0v) is 37.7. The van der Waals surface area contributed by atoms with Crippen LogP contribution in [0, 0.1) is 0 Å². The van der Waals surface area contributed by atoms with Crippen molar-refractivity contribution in [2.24, 2.45) is 0 Å². The first-order valence-electron chi connectivity index (χ1n) is 24.2. The average Bonchev–Trinajstić information content (AvgIpc) is 3.25. The summed E-state index contributed by atoms with van der Waals surface area (Å²) in [6, 6.07) is 0. The Balaban J connectivity index is 1.83. The van der Waals surface area contributed by atoms with Gasteiger partial charge in [-0.25, -0.2) is 0 Å². The summed E-state index contributed by atoms with van der Waals surface area (Å²) in [7, 11) is 0. The standard InChI is InChI=1S/C46H86O15/c1-3-5-7-9-11-13-15-17-19-21-23-25-27-29-36(48)56-32-34(58-37(49)30-28-26-24-22-20-18-16-14-12-10-8-6-4-2)33-57-44-41(53)40(52)43(55)46(60-44)61-45-42(54)39(51)38(50)35(31-47)59-45/h34-35,38-47,50-55H,3-33H2,1-2H3/t34-,35+,38-,39-,40+,41+,42+,43+,44+,45-,46?/m0/s1. The van der Waals surface area contributed by atoms with Crippen molar-refractivity contribution in [2.75, 3.05) is 19.8 Å². The summed E-state index contributed by atoms with van der Waals surface area (Å²) in [5.74, 6) is -0.949. The molecule has 1 unspecified atom stereocenters. The minimum Gasteiger partial charge on any atom is -0.462 e. The highest BCUT2D eigenvalue weighted by Crippen LogP contribution is 2.29. The molecule has 0 amide bonds. The van der Waals surface area contributed by atoms with Gasteiger partial charge in [0.15, 0.2) is 25.0 Å². The Morgan fingerprint density at radius 1 is 0.459 bits per heavy atom. The summed E-state index contributed by atoms with van der Waals surface area (Å²) in [6.07, 6.45) is 12.5. The molecule has 0 aromatic carbocycles. The highest BCUT2D eigenvalue weighted by atomic mass is 16.8. The van der Waals surface area contributed by atoms with Crippen LogP contribution in [0.4, 0.5) is 0 Å². The van der Waals surface area contributed by atoms with Gasteiger partial charge in [-0.3, -0.25) is 9.59 Å². The number of unbranched alkanes of at least 4 members (excludes halogenated alkanes) is 24. The second-order valence-corrected chi connectivity index (χ2v) is 17.3. The largest absolute Gasteiger partial charge is 0.462 e. The molecule has 0 aliphatic carbocycles. The minimum absolute atomic E-state index is 0.156.